The molecular weight excluding hydrogens is 220 g/mol. The maximum atomic E-state index is 11.7. The second-order valence-corrected chi connectivity index (χ2v) is 5.94. The van der Waals surface area contributed by atoms with E-state index in [0.29, 0.717) is 6.61 Å². The summed E-state index contributed by atoms with van der Waals surface area (Å²) < 4.78 is 4.34. The average molecular weight is 234 g/mol. The van der Waals surface area contributed by atoms with Gasteiger partial charge in [-0.1, -0.05) is 0 Å². The van der Waals surface area contributed by atoms with E-state index < -0.39 is 4.08 Å². The molecule has 5 heteroatoms. The molecule has 1 aliphatic heterocycles. The standard InChI is InChI=1S/C9H14O3S2/c1-2-12-8(11)9(4-5-10)13-6-3-7-14-9/h5H,2-4,6-7H2,1H3. The molecule has 0 radical (unpaired) electrons. The van der Waals surface area contributed by atoms with E-state index in [1.807, 2.05) is 0 Å². The molecule has 1 aliphatic rings. The number of ether oxygens (including phenoxy) is 1. The fraction of sp³-hybridized carbons (Fsp3) is 0.778. The zero-order valence-electron chi connectivity index (χ0n) is 8.15. The van der Waals surface area contributed by atoms with Crippen LogP contribution in [0.2, 0.25) is 0 Å². The van der Waals surface area contributed by atoms with Crippen molar-refractivity contribution in [1.82, 2.24) is 0 Å². The fourth-order valence-electron chi connectivity index (χ4n) is 1.24. The predicted molar refractivity (Wildman–Crippen MR) is 59.6 cm³/mol. The minimum atomic E-state index is -0.657. The molecule has 1 saturated heterocycles. The van der Waals surface area contributed by atoms with Gasteiger partial charge in [0, 0.05) is 6.42 Å². The first-order chi connectivity index (χ1) is 6.75. The first kappa shape index (κ1) is 11.9. The van der Waals surface area contributed by atoms with Crippen LogP contribution in [0.15, 0.2) is 0 Å². The summed E-state index contributed by atoms with van der Waals surface area (Å²) in [6.45, 7) is 2.16. The summed E-state index contributed by atoms with van der Waals surface area (Å²) in [5, 5.41) is 0. The van der Waals surface area contributed by atoms with Crippen LogP contribution in [0.1, 0.15) is 19.8 Å². The summed E-state index contributed by atoms with van der Waals surface area (Å²) >= 11 is 3.08. The molecule has 1 rings (SSSR count). The van der Waals surface area contributed by atoms with Gasteiger partial charge in [0.25, 0.3) is 0 Å². The third kappa shape index (κ3) is 2.67. The highest BCUT2D eigenvalue weighted by atomic mass is 32.2. The average Bonchev–Trinajstić information content (AvgIpc) is 2.20. The molecule has 0 aromatic heterocycles. The molecule has 0 amide bonds. The van der Waals surface area contributed by atoms with Gasteiger partial charge in [0.1, 0.15) is 6.29 Å². The summed E-state index contributed by atoms with van der Waals surface area (Å²) in [6.07, 6.45) is 2.15. The Hall–Kier alpha value is -0.160. The number of esters is 1. The minimum Gasteiger partial charge on any atom is -0.464 e. The van der Waals surface area contributed by atoms with Gasteiger partial charge in [-0.3, -0.25) is 0 Å². The minimum absolute atomic E-state index is 0.248. The lowest BCUT2D eigenvalue weighted by Gasteiger charge is -2.31. The second-order valence-electron chi connectivity index (χ2n) is 2.89. The first-order valence-electron chi connectivity index (χ1n) is 4.64. The third-order valence-corrected chi connectivity index (χ3v) is 5.19. The van der Waals surface area contributed by atoms with Crippen LogP contribution < -0.4 is 0 Å². The molecule has 0 aromatic carbocycles. The number of aldehydes is 1. The Kier molecular flexibility index (Phi) is 4.81. The van der Waals surface area contributed by atoms with Gasteiger partial charge in [0.2, 0.25) is 0 Å². The van der Waals surface area contributed by atoms with Gasteiger partial charge >= 0.3 is 5.97 Å². The largest absolute Gasteiger partial charge is 0.464 e. The lowest BCUT2D eigenvalue weighted by Crippen LogP contribution is -2.37. The van der Waals surface area contributed by atoms with E-state index in [0.717, 1.165) is 24.2 Å². The van der Waals surface area contributed by atoms with Gasteiger partial charge in [-0.25, -0.2) is 4.79 Å². The van der Waals surface area contributed by atoms with Crippen molar-refractivity contribution in [2.75, 3.05) is 18.1 Å². The topological polar surface area (TPSA) is 43.4 Å². The predicted octanol–water partition coefficient (Wildman–Crippen LogP) is 1.70. The van der Waals surface area contributed by atoms with Gasteiger partial charge in [-0.15, -0.1) is 23.5 Å². The van der Waals surface area contributed by atoms with Crippen molar-refractivity contribution in [1.29, 1.82) is 0 Å². The van der Waals surface area contributed by atoms with Crippen molar-refractivity contribution in [2.45, 2.75) is 23.8 Å². The monoisotopic (exact) mass is 234 g/mol. The summed E-state index contributed by atoms with van der Waals surface area (Å²) in [7, 11) is 0. The molecule has 0 bridgehead atoms. The van der Waals surface area contributed by atoms with Gasteiger partial charge in [-0.2, -0.15) is 0 Å². The van der Waals surface area contributed by atoms with Crippen LogP contribution in [-0.2, 0) is 14.3 Å². The number of hydrogen-bond donors (Lipinski definition) is 0. The zero-order valence-corrected chi connectivity index (χ0v) is 9.79. The molecule has 1 fully saturated rings. The quantitative estimate of drug-likeness (QED) is 0.547. The molecule has 0 N–H and O–H groups in total. The molecule has 0 atom stereocenters. The number of rotatable bonds is 4. The molecule has 0 spiro atoms. The van der Waals surface area contributed by atoms with Gasteiger partial charge in [0.05, 0.1) is 6.61 Å². The van der Waals surface area contributed by atoms with E-state index in [1.54, 1.807) is 30.4 Å². The molecule has 14 heavy (non-hydrogen) atoms. The number of hydrogen-bond acceptors (Lipinski definition) is 5. The molecule has 0 aliphatic carbocycles. The third-order valence-electron chi connectivity index (χ3n) is 1.90. The lowest BCUT2D eigenvalue weighted by atomic mass is 10.3. The molecule has 0 saturated carbocycles. The molecule has 3 nitrogen and oxygen atoms in total. The van der Waals surface area contributed by atoms with Crippen molar-refractivity contribution in [3.63, 3.8) is 0 Å². The SMILES string of the molecule is CCOC(=O)C1(CC=O)SCCCS1. The van der Waals surface area contributed by atoms with E-state index in [4.69, 9.17) is 4.74 Å². The van der Waals surface area contributed by atoms with Crippen molar-refractivity contribution in [2.24, 2.45) is 0 Å². The van der Waals surface area contributed by atoms with Crippen LogP contribution in [0.25, 0.3) is 0 Å². The molecule has 0 unspecified atom stereocenters. The smallest absolute Gasteiger partial charge is 0.332 e. The van der Waals surface area contributed by atoms with Crippen molar-refractivity contribution in [3.05, 3.63) is 0 Å². The fourth-order valence-corrected chi connectivity index (χ4v) is 4.22. The van der Waals surface area contributed by atoms with Crippen LogP contribution in [0.5, 0.6) is 0 Å². The molecule has 80 valence electrons. The second kappa shape index (κ2) is 5.66. The molecule has 0 aromatic rings. The van der Waals surface area contributed by atoms with Crippen LogP contribution in [0, 0.1) is 0 Å². The highest BCUT2D eigenvalue weighted by molar-refractivity contribution is 8.19. The Labute approximate surface area is 92.3 Å². The van der Waals surface area contributed by atoms with Crippen LogP contribution >= 0.6 is 23.5 Å². The van der Waals surface area contributed by atoms with E-state index in [9.17, 15) is 9.59 Å². The van der Waals surface area contributed by atoms with E-state index >= 15 is 0 Å². The maximum Gasteiger partial charge on any atom is 0.332 e. The summed E-state index contributed by atoms with van der Waals surface area (Å²) in [4.78, 5) is 22.2. The highest BCUT2D eigenvalue weighted by Gasteiger charge is 2.42. The Morgan fingerprint density at radius 2 is 2.14 bits per heavy atom. The van der Waals surface area contributed by atoms with Gasteiger partial charge in [-0.05, 0) is 24.9 Å². The Morgan fingerprint density at radius 1 is 1.50 bits per heavy atom. The number of thioether (sulfide) groups is 2. The molecule has 1 heterocycles. The lowest BCUT2D eigenvalue weighted by molar-refractivity contribution is -0.144. The maximum absolute atomic E-state index is 11.7. The van der Waals surface area contributed by atoms with Crippen LogP contribution in [-0.4, -0.2) is 34.4 Å². The summed E-state index contributed by atoms with van der Waals surface area (Å²) in [5.41, 5.74) is 0. The van der Waals surface area contributed by atoms with Crippen LogP contribution in [0.4, 0.5) is 0 Å². The normalized spacial score (nSPS) is 20.1. The molecular formula is C9H14O3S2. The van der Waals surface area contributed by atoms with Crippen molar-refractivity contribution >= 4 is 35.8 Å². The number of carbonyl (C=O) groups is 2. The van der Waals surface area contributed by atoms with E-state index in [1.165, 1.54) is 0 Å². The van der Waals surface area contributed by atoms with Crippen molar-refractivity contribution in [3.8, 4) is 0 Å². The highest BCUT2D eigenvalue weighted by Crippen LogP contribution is 2.45. The first-order valence-corrected chi connectivity index (χ1v) is 6.61. The zero-order chi connectivity index (χ0) is 10.4. The van der Waals surface area contributed by atoms with Crippen molar-refractivity contribution < 1.29 is 14.3 Å². The number of carbonyl (C=O) groups excluding carboxylic acids is 2. The Morgan fingerprint density at radius 3 is 2.64 bits per heavy atom. The van der Waals surface area contributed by atoms with E-state index in [2.05, 4.69) is 0 Å². The Balaban J connectivity index is 2.68. The van der Waals surface area contributed by atoms with Gasteiger partial charge in [0.15, 0.2) is 4.08 Å². The summed E-state index contributed by atoms with van der Waals surface area (Å²) in [6, 6.07) is 0. The Bertz CT molecular complexity index is 212. The van der Waals surface area contributed by atoms with Crippen LogP contribution in [0.3, 0.4) is 0 Å². The summed E-state index contributed by atoms with van der Waals surface area (Å²) in [5.74, 6) is 1.61. The van der Waals surface area contributed by atoms with E-state index in [-0.39, 0.29) is 12.4 Å². The van der Waals surface area contributed by atoms with Gasteiger partial charge < -0.3 is 9.53 Å².